The molecule has 0 radical (unpaired) electrons. The number of aromatic amines is 1. The van der Waals surface area contributed by atoms with Crippen molar-refractivity contribution < 1.29 is 29.9 Å². The van der Waals surface area contributed by atoms with Crippen molar-refractivity contribution in [3.8, 4) is 5.88 Å². The summed E-state index contributed by atoms with van der Waals surface area (Å²) in [6, 6.07) is 8.17. The third-order valence-electron chi connectivity index (χ3n) is 4.88. The fraction of sp³-hybridized carbons (Fsp3) is 0.526. The van der Waals surface area contributed by atoms with Crippen LogP contribution < -0.4 is 4.74 Å². The molecule has 0 aliphatic carbocycles. The van der Waals surface area contributed by atoms with Gasteiger partial charge in [0.2, 0.25) is 12.2 Å². The van der Waals surface area contributed by atoms with Crippen LogP contribution in [0.3, 0.4) is 0 Å². The molecule has 28 heavy (non-hydrogen) atoms. The van der Waals surface area contributed by atoms with Crippen LogP contribution in [0.2, 0.25) is 0 Å². The number of hydrogen-bond acceptors (Lipinski definition) is 8. The molecule has 1 aliphatic rings. The lowest BCUT2D eigenvalue weighted by Gasteiger charge is -2.39. The number of ether oxygens (including phenoxy) is 2. The normalized spacial score (nSPS) is 27.7. The lowest BCUT2D eigenvalue weighted by molar-refractivity contribution is -0.278. The van der Waals surface area contributed by atoms with Gasteiger partial charge in [-0.15, -0.1) is 16.9 Å². The summed E-state index contributed by atoms with van der Waals surface area (Å²) in [6.07, 6.45) is -3.40. The fourth-order valence-electron chi connectivity index (χ4n) is 3.18. The number of hydrogen-bond donors (Lipinski definition) is 5. The summed E-state index contributed by atoms with van der Waals surface area (Å²) < 4.78 is 11.2. The summed E-state index contributed by atoms with van der Waals surface area (Å²) in [4.78, 5) is 1.17. The van der Waals surface area contributed by atoms with Gasteiger partial charge in [0.1, 0.15) is 24.4 Å². The van der Waals surface area contributed by atoms with Gasteiger partial charge in [0, 0.05) is 22.6 Å². The highest BCUT2D eigenvalue weighted by atomic mass is 32.2. The number of H-pyrrole nitrogens is 1. The first-order valence-corrected chi connectivity index (χ1v) is 10.4. The SMILES string of the molecule is CCc1[nH]nc(OC2O[C@H](CO)[C@@H](O)[C@H](O)[C@H]2O)c1Cc1ccc(SC)cc1. The maximum Gasteiger partial charge on any atom is 0.238 e. The smallest absolute Gasteiger partial charge is 0.238 e. The van der Waals surface area contributed by atoms with E-state index in [-0.39, 0.29) is 5.88 Å². The summed E-state index contributed by atoms with van der Waals surface area (Å²) in [7, 11) is 0. The largest absolute Gasteiger partial charge is 0.443 e. The Morgan fingerprint density at radius 2 is 1.86 bits per heavy atom. The van der Waals surface area contributed by atoms with Gasteiger partial charge in [0.15, 0.2) is 0 Å². The Hall–Kier alpha value is -1.62. The Morgan fingerprint density at radius 3 is 2.46 bits per heavy atom. The first kappa shape index (κ1) is 21.1. The molecule has 0 saturated carbocycles. The zero-order valence-corrected chi connectivity index (χ0v) is 16.6. The minimum absolute atomic E-state index is 0.259. The standard InChI is InChI=1S/C19H26N2O6S/c1-3-13-12(8-10-4-6-11(28-2)7-5-10)18(21-20-13)27-19-17(25)16(24)15(23)14(9-22)26-19/h4-7,14-17,19,22-25H,3,8-9H2,1-2H3,(H,20,21)/t14-,15-,16+,17-,19?/m1/s1. The molecule has 8 nitrogen and oxygen atoms in total. The number of nitrogens with one attached hydrogen (secondary N) is 1. The molecule has 1 unspecified atom stereocenters. The molecule has 1 fully saturated rings. The highest BCUT2D eigenvalue weighted by Crippen LogP contribution is 2.29. The average Bonchev–Trinajstić information content (AvgIpc) is 3.10. The molecular formula is C19H26N2O6S. The number of aliphatic hydroxyl groups excluding tert-OH is 4. The van der Waals surface area contributed by atoms with E-state index in [2.05, 4.69) is 10.2 Å². The van der Waals surface area contributed by atoms with Crippen molar-refractivity contribution in [3.63, 3.8) is 0 Å². The maximum absolute atomic E-state index is 10.2. The average molecular weight is 410 g/mol. The predicted molar refractivity (Wildman–Crippen MR) is 103 cm³/mol. The monoisotopic (exact) mass is 410 g/mol. The van der Waals surface area contributed by atoms with Crippen LogP contribution >= 0.6 is 11.8 Å². The Balaban J connectivity index is 1.81. The van der Waals surface area contributed by atoms with E-state index in [0.717, 1.165) is 16.8 Å². The molecule has 1 aliphatic heterocycles. The van der Waals surface area contributed by atoms with E-state index >= 15 is 0 Å². The van der Waals surface area contributed by atoms with Crippen molar-refractivity contribution in [1.29, 1.82) is 0 Å². The van der Waals surface area contributed by atoms with Crippen LogP contribution in [0.1, 0.15) is 23.7 Å². The molecule has 3 rings (SSSR count). The van der Waals surface area contributed by atoms with Crippen molar-refractivity contribution in [2.75, 3.05) is 12.9 Å². The van der Waals surface area contributed by atoms with E-state index in [1.807, 2.05) is 37.4 Å². The number of aryl methyl sites for hydroxylation is 1. The molecule has 0 bridgehead atoms. The van der Waals surface area contributed by atoms with Gasteiger partial charge in [-0.25, -0.2) is 0 Å². The van der Waals surface area contributed by atoms with Gasteiger partial charge in [-0.3, -0.25) is 5.10 Å². The van der Waals surface area contributed by atoms with Crippen LogP contribution in [0.25, 0.3) is 0 Å². The Morgan fingerprint density at radius 1 is 1.14 bits per heavy atom. The first-order valence-electron chi connectivity index (χ1n) is 9.14. The zero-order chi connectivity index (χ0) is 20.3. The number of aromatic nitrogens is 2. The third-order valence-corrected chi connectivity index (χ3v) is 5.63. The van der Waals surface area contributed by atoms with E-state index in [4.69, 9.17) is 9.47 Å². The molecule has 2 aromatic rings. The highest BCUT2D eigenvalue weighted by molar-refractivity contribution is 7.98. The maximum atomic E-state index is 10.2. The minimum atomic E-state index is -1.50. The molecule has 9 heteroatoms. The predicted octanol–water partition coefficient (Wildman–Crippen LogP) is 0.463. The topological polar surface area (TPSA) is 128 Å². The van der Waals surface area contributed by atoms with E-state index in [9.17, 15) is 20.4 Å². The number of benzene rings is 1. The van der Waals surface area contributed by atoms with Crippen LogP contribution in [0.15, 0.2) is 29.2 Å². The Labute approximate surface area is 167 Å². The fourth-order valence-corrected chi connectivity index (χ4v) is 3.59. The van der Waals surface area contributed by atoms with Crippen molar-refractivity contribution >= 4 is 11.8 Å². The molecule has 1 saturated heterocycles. The number of nitrogens with zero attached hydrogens (tertiary/aromatic N) is 1. The molecule has 1 aromatic carbocycles. The molecule has 1 aromatic heterocycles. The second kappa shape index (κ2) is 9.25. The van der Waals surface area contributed by atoms with E-state index in [1.54, 1.807) is 11.8 Å². The second-order valence-electron chi connectivity index (χ2n) is 6.68. The zero-order valence-electron chi connectivity index (χ0n) is 15.8. The summed E-state index contributed by atoms with van der Waals surface area (Å²) in [6.45, 7) is 1.48. The van der Waals surface area contributed by atoms with E-state index in [1.165, 1.54) is 4.90 Å². The molecular weight excluding hydrogens is 384 g/mol. The number of rotatable bonds is 7. The van der Waals surface area contributed by atoms with Gasteiger partial charge in [0.05, 0.1) is 6.61 Å². The third kappa shape index (κ3) is 4.35. The van der Waals surface area contributed by atoms with Gasteiger partial charge in [-0.1, -0.05) is 19.1 Å². The molecule has 5 atom stereocenters. The van der Waals surface area contributed by atoms with Gasteiger partial charge in [-0.2, -0.15) is 0 Å². The summed E-state index contributed by atoms with van der Waals surface area (Å²) in [5.41, 5.74) is 2.80. The Kier molecular flexibility index (Phi) is 6.97. The van der Waals surface area contributed by atoms with Crippen molar-refractivity contribution in [2.24, 2.45) is 0 Å². The lowest BCUT2D eigenvalue weighted by atomic mass is 9.99. The summed E-state index contributed by atoms with van der Waals surface area (Å²) >= 11 is 1.67. The molecule has 0 spiro atoms. The summed E-state index contributed by atoms with van der Waals surface area (Å²) in [5, 5.41) is 46.5. The van der Waals surface area contributed by atoms with Crippen molar-refractivity contribution in [1.82, 2.24) is 10.2 Å². The van der Waals surface area contributed by atoms with Gasteiger partial charge >= 0.3 is 0 Å². The molecule has 0 amide bonds. The van der Waals surface area contributed by atoms with Crippen molar-refractivity contribution in [2.45, 2.75) is 55.4 Å². The quantitative estimate of drug-likeness (QED) is 0.417. The molecule has 2 heterocycles. The number of aliphatic hydroxyl groups is 4. The minimum Gasteiger partial charge on any atom is -0.443 e. The van der Waals surface area contributed by atoms with Gasteiger partial charge in [0.25, 0.3) is 0 Å². The summed E-state index contributed by atoms with van der Waals surface area (Å²) in [5.74, 6) is 0.259. The van der Waals surface area contributed by atoms with Gasteiger partial charge in [-0.05, 0) is 30.4 Å². The van der Waals surface area contributed by atoms with E-state index < -0.39 is 37.3 Å². The van der Waals surface area contributed by atoms with Crippen LogP contribution in [0.4, 0.5) is 0 Å². The van der Waals surface area contributed by atoms with E-state index in [0.29, 0.717) is 12.8 Å². The van der Waals surface area contributed by atoms with Crippen LogP contribution in [0, 0.1) is 0 Å². The second-order valence-corrected chi connectivity index (χ2v) is 7.56. The molecule has 5 N–H and O–H groups in total. The van der Waals surface area contributed by atoms with Gasteiger partial charge < -0.3 is 29.9 Å². The molecule has 154 valence electrons. The number of thioether (sulfide) groups is 1. The Bertz CT molecular complexity index is 766. The van der Waals surface area contributed by atoms with Crippen LogP contribution in [0.5, 0.6) is 5.88 Å². The van der Waals surface area contributed by atoms with Crippen LogP contribution in [-0.2, 0) is 17.6 Å². The highest BCUT2D eigenvalue weighted by Gasteiger charge is 2.45. The first-order chi connectivity index (χ1) is 13.5. The van der Waals surface area contributed by atoms with Crippen molar-refractivity contribution in [3.05, 3.63) is 41.1 Å². The lowest BCUT2D eigenvalue weighted by Crippen LogP contribution is -2.60. The van der Waals surface area contributed by atoms with Crippen LogP contribution in [-0.4, -0.2) is 74.2 Å².